The third kappa shape index (κ3) is 6.22. The molecule has 2 aromatic carbocycles. The van der Waals surface area contributed by atoms with Crippen molar-refractivity contribution in [3.63, 3.8) is 0 Å². The summed E-state index contributed by atoms with van der Waals surface area (Å²) in [6.45, 7) is 3.32. The van der Waals surface area contributed by atoms with Gasteiger partial charge in [-0.1, -0.05) is 6.07 Å². The molecule has 0 atom stereocenters. The summed E-state index contributed by atoms with van der Waals surface area (Å²) >= 11 is 0. The predicted octanol–water partition coefficient (Wildman–Crippen LogP) is 2.26. The summed E-state index contributed by atoms with van der Waals surface area (Å²) < 4.78 is 18.8. The Balaban J connectivity index is 1.67. The molecule has 2 aromatic rings. The highest BCUT2D eigenvalue weighted by Gasteiger charge is 2.08. The first-order valence-electron chi connectivity index (χ1n) is 8.41. The highest BCUT2D eigenvalue weighted by Crippen LogP contribution is 2.12. The second kappa shape index (κ2) is 9.47. The standard InChI is InChI=1S/C20H21FN2O4/c1-13-3-4-16(11-18(13)21)20(26)23-10-9-22-19(25)12-27-17-7-5-15(6-8-17)14(2)24/h3-8,11H,9-10,12H2,1-2H3,(H,22,25)(H,23,26). The van der Waals surface area contributed by atoms with E-state index in [1.54, 1.807) is 31.2 Å². The lowest BCUT2D eigenvalue weighted by atomic mass is 10.1. The number of benzene rings is 2. The van der Waals surface area contributed by atoms with Crippen LogP contribution in [0.3, 0.4) is 0 Å². The summed E-state index contributed by atoms with van der Waals surface area (Å²) in [6.07, 6.45) is 0. The number of hydrogen-bond donors (Lipinski definition) is 2. The minimum Gasteiger partial charge on any atom is -0.484 e. The van der Waals surface area contributed by atoms with Gasteiger partial charge < -0.3 is 15.4 Å². The molecule has 27 heavy (non-hydrogen) atoms. The Morgan fingerprint density at radius 1 is 0.963 bits per heavy atom. The third-order valence-electron chi connectivity index (χ3n) is 3.80. The molecule has 0 aliphatic carbocycles. The summed E-state index contributed by atoms with van der Waals surface area (Å²) in [5.41, 5.74) is 1.26. The number of carbonyl (C=O) groups excluding carboxylic acids is 3. The molecule has 6 nitrogen and oxygen atoms in total. The van der Waals surface area contributed by atoms with E-state index in [0.29, 0.717) is 16.9 Å². The molecule has 0 aliphatic heterocycles. The van der Waals surface area contributed by atoms with Gasteiger partial charge in [-0.2, -0.15) is 0 Å². The van der Waals surface area contributed by atoms with Gasteiger partial charge in [-0.15, -0.1) is 0 Å². The fourth-order valence-electron chi connectivity index (χ4n) is 2.20. The molecule has 142 valence electrons. The average molecular weight is 372 g/mol. The van der Waals surface area contributed by atoms with Crippen LogP contribution >= 0.6 is 0 Å². The maximum absolute atomic E-state index is 13.5. The minimum absolute atomic E-state index is 0.0466. The molecule has 2 amide bonds. The van der Waals surface area contributed by atoms with Crippen LogP contribution in [0, 0.1) is 12.7 Å². The lowest BCUT2D eigenvalue weighted by Crippen LogP contribution is -2.36. The van der Waals surface area contributed by atoms with E-state index in [2.05, 4.69) is 10.6 Å². The highest BCUT2D eigenvalue weighted by molar-refractivity contribution is 5.94. The SMILES string of the molecule is CC(=O)c1ccc(OCC(=O)NCCNC(=O)c2ccc(C)c(F)c2)cc1. The van der Waals surface area contributed by atoms with Crippen LogP contribution in [0.2, 0.25) is 0 Å². The second-order valence-corrected chi connectivity index (χ2v) is 5.94. The number of halogens is 1. The number of amides is 2. The number of Topliss-reactive ketones (excluding diaryl/α,β-unsaturated/α-hetero) is 1. The van der Waals surface area contributed by atoms with Crippen LogP contribution in [-0.2, 0) is 4.79 Å². The molecule has 2 N–H and O–H groups in total. The zero-order valence-electron chi connectivity index (χ0n) is 15.2. The van der Waals surface area contributed by atoms with Crippen molar-refractivity contribution in [1.82, 2.24) is 10.6 Å². The van der Waals surface area contributed by atoms with E-state index in [1.165, 1.54) is 25.1 Å². The smallest absolute Gasteiger partial charge is 0.258 e. The molecule has 0 saturated heterocycles. The largest absolute Gasteiger partial charge is 0.484 e. The third-order valence-corrected chi connectivity index (χ3v) is 3.80. The van der Waals surface area contributed by atoms with Crippen molar-refractivity contribution < 1.29 is 23.5 Å². The molecule has 0 radical (unpaired) electrons. The molecule has 0 unspecified atom stereocenters. The predicted molar refractivity (Wildman–Crippen MR) is 98.4 cm³/mol. The number of carbonyl (C=O) groups is 3. The van der Waals surface area contributed by atoms with Crippen LogP contribution < -0.4 is 15.4 Å². The van der Waals surface area contributed by atoms with E-state index in [0.717, 1.165) is 0 Å². The summed E-state index contributed by atoms with van der Waals surface area (Å²) in [4.78, 5) is 34.8. The normalized spacial score (nSPS) is 10.2. The van der Waals surface area contributed by atoms with Crippen molar-refractivity contribution in [3.8, 4) is 5.75 Å². The molecular formula is C20H21FN2O4. The van der Waals surface area contributed by atoms with Gasteiger partial charge in [0, 0.05) is 24.2 Å². The lowest BCUT2D eigenvalue weighted by Gasteiger charge is -2.09. The van der Waals surface area contributed by atoms with Gasteiger partial charge in [0.1, 0.15) is 11.6 Å². The summed E-state index contributed by atoms with van der Waals surface area (Å²) in [5, 5.41) is 5.20. The van der Waals surface area contributed by atoms with Crippen LogP contribution in [-0.4, -0.2) is 37.3 Å². The second-order valence-electron chi connectivity index (χ2n) is 5.94. The Morgan fingerprint density at radius 2 is 1.59 bits per heavy atom. The number of ether oxygens (including phenoxy) is 1. The van der Waals surface area contributed by atoms with Gasteiger partial charge in [0.05, 0.1) is 0 Å². The van der Waals surface area contributed by atoms with Crippen LogP contribution in [0.4, 0.5) is 4.39 Å². The number of ketones is 1. The Labute approximate surface area is 156 Å². The van der Waals surface area contributed by atoms with Crippen LogP contribution in [0.15, 0.2) is 42.5 Å². The van der Waals surface area contributed by atoms with Crippen molar-refractivity contribution in [2.45, 2.75) is 13.8 Å². The van der Waals surface area contributed by atoms with Gasteiger partial charge in [0.15, 0.2) is 12.4 Å². The number of hydrogen-bond acceptors (Lipinski definition) is 4. The van der Waals surface area contributed by atoms with E-state index in [1.807, 2.05) is 0 Å². The molecule has 7 heteroatoms. The van der Waals surface area contributed by atoms with Gasteiger partial charge in [0.25, 0.3) is 11.8 Å². The topological polar surface area (TPSA) is 84.5 Å². The summed E-state index contributed by atoms with van der Waals surface area (Å²) in [7, 11) is 0. The van der Waals surface area contributed by atoms with E-state index < -0.39 is 11.7 Å². The number of rotatable bonds is 8. The first kappa shape index (κ1) is 20.1. The quantitative estimate of drug-likeness (QED) is 0.550. The van der Waals surface area contributed by atoms with Gasteiger partial charge in [-0.25, -0.2) is 4.39 Å². The Bertz CT molecular complexity index is 834. The Morgan fingerprint density at radius 3 is 2.22 bits per heavy atom. The molecule has 0 bridgehead atoms. The van der Waals surface area contributed by atoms with Gasteiger partial charge >= 0.3 is 0 Å². The van der Waals surface area contributed by atoms with Crippen molar-refractivity contribution in [1.29, 1.82) is 0 Å². The molecule has 2 rings (SSSR count). The van der Waals surface area contributed by atoms with Crippen LogP contribution in [0.25, 0.3) is 0 Å². The van der Waals surface area contributed by atoms with Crippen molar-refractivity contribution in [2.24, 2.45) is 0 Å². The van der Waals surface area contributed by atoms with Gasteiger partial charge in [-0.3, -0.25) is 14.4 Å². The van der Waals surface area contributed by atoms with E-state index >= 15 is 0 Å². The molecule has 0 heterocycles. The van der Waals surface area contributed by atoms with Crippen LogP contribution in [0.5, 0.6) is 5.75 Å². The summed E-state index contributed by atoms with van der Waals surface area (Å²) in [6, 6.07) is 10.7. The van der Waals surface area contributed by atoms with Gasteiger partial charge in [0.2, 0.25) is 0 Å². The van der Waals surface area contributed by atoms with Crippen molar-refractivity contribution in [2.75, 3.05) is 19.7 Å². The number of aryl methyl sites for hydroxylation is 1. The molecule has 0 aromatic heterocycles. The Kier molecular flexibility index (Phi) is 7.05. The fourth-order valence-corrected chi connectivity index (χ4v) is 2.20. The minimum atomic E-state index is -0.440. The van der Waals surface area contributed by atoms with Crippen molar-refractivity contribution >= 4 is 17.6 Å². The van der Waals surface area contributed by atoms with Crippen molar-refractivity contribution in [3.05, 3.63) is 65.0 Å². The molecule has 0 aliphatic rings. The average Bonchev–Trinajstić information content (AvgIpc) is 2.65. The van der Waals surface area contributed by atoms with Gasteiger partial charge in [-0.05, 0) is 55.8 Å². The first-order valence-corrected chi connectivity index (χ1v) is 8.41. The monoisotopic (exact) mass is 372 g/mol. The highest BCUT2D eigenvalue weighted by atomic mass is 19.1. The maximum Gasteiger partial charge on any atom is 0.258 e. The first-order chi connectivity index (χ1) is 12.9. The molecule has 0 fully saturated rings. The van der Waals surface area contributed by atoms with Crippen LogP contribution in [0.1, 0.15) is 33.2 Å². The maximum atomic E-state index is 13.5. The summed E-state index contributed by atoms with van der Waals surface area (Å²) in [5.74, 6) is -0.768. The lowest BCUT2D eigenvalue weighted by molar-refractivity contribution is -0.123. The molecule has 0 saturated carbocycles. The Hall–Kier alpha value is -3.22. The molecule has 0 spiro atoms. The zero-order chi connectivity index (χ0) is 19.8. The van der Waals surface area contributed by atoms with E-state index in [4.69, 9.17) is 4.74 Å². The van der Waals surface area contributed by atoms with E-state index in [-0.39, 0.29) is 37.0 Å². The number of nitrogens with one attached hydrogen (secondary N) is 2. The van der Waals surface area contributed by atoms with E-state index in [9.17, 15) is 18.8 Å². The zero-order valence-corrected chi connectivity index (χ0v) is 15.2. The fraction of sp³-hybridized carbons (Fsp3) is 0.250. The molecular weight excluding hydrogens is 351 g/mol.